The minimum atomic E-state index is -0.816. The van der Waals surface area contributed by atoms with Crippen molar-refractivity contribution in [3.63, 3.8) is 0 Å². The number of rotatable bonds is 7. The fourth-order valence-corrected chi connectivity index (χ4v) is 5.08. The molecule has 40 heavy (non-hydrogen) atoms. The number of carbonyl (C=O) groups excluding carboxylic acids is 2. The number of carbonyl (C=O) groups is 2. The molecule has 0 saturated carbocycles. The van der Waals surface area contributed by atoms with E-state index in [1.807, 2.05) is 4.57 Å². The van der Waals surface area contributed by atoms with Gasteiger partial charge >= 0.3 is 6.09 Å². The second-order valence-corrected chi connectivity index (χ2v) is 11.2. The number of fused-ring (bicyclic) bond motifs is 1. The third-order valence-corrected chi connectivity index (χ3v) is 6.93. The van der Waals surface area contributed by atoms with Gasteiger partial charge in [0.05, 0.1) is 41.8 Å². The van der Waals surface area contributed by atoms with Crippen LogP contribution < -0.4 is 10.6 Å². The van der Waals surface area contributed by atoms with Gasteiger partial charge in [-0.3, -0.25) is 9.69 Å². The summed E-state index contributed by atoms with van der Waals surface area (Å²) in [7, 11) is 0. The summed E-state index contributed by atoms with van der Waals surface area (Å²) in [5, 5.41) is 16.6. The van der Waals surface area contributed by atoms with Gasteiger partial charge in [0.25, 0.3) is 0 Å². The molecule has 0 spiro atoms. The second kappa shape index (κ2) is 11.1. The molecule has 210 valence electrons. The Bertz CT molecular complexity index is 1540. The van der Waals surface area contributed by atoms with E-state index in [2.05, 4.69) is 35.6 Å². The molecule has 0 radical (unpaired) electrons. The number of ether oxygens (including phenoxy) is 1. The Labute approximate surface area is 232 Å². The van der Waals surface area contributed by atoms with Gasteiger partial charge in [0.2, 0.25) is 5.91 Å². The number of aliphatic hydroxyl groups excluding tert-OH is 1. The van der Waals surface area contributed by atoms with Crippen LogP contribution in [-0.2, 0) is 16.1 Å². The van der Waals surface area contributed by atoms with Gasteiger partial charge in [-0.25, -0.2) is 34.1 Å². The van der Waals surface area contributed by atoms with Crippen molar-refractivity contribution in [3.05, 3.63) is 43.1 Å². The van der Waals surface area contributed by atoms with E-state index < -0.39 is 29.7 Å². The number of hydrogen-bond acceptors (Lipinski definition) is 11. The lowest BCUT2D eigenvalue weighted by Gasteiger charge is -2.27. The number of amides is 2. The maximum Gasteiger partial charge on any atom is 0.411 e. The first-order valence-electron chi connectivity index (χ1n) is 12.5. The van der Waals surface area contributed by atoms with Gasteiger partial charge in [-0.2, -0.15) is 0 Å². The Balaban J connectivity index is 1.21. The van der Waals surface area contributed by atoms with Crippen LogP contribution in [0.5, 0.6) is 0 Å². The van der Waals surface area contributed by atoms with E-state index >= 15 is 0 Å². The molecule has 2 atom stereocenters. The predicted molar refractivity (Wildman–Crippen MR) is 144 cm³/mol. The summed E-state index contributed by atoms with van der Waals surface area (Å²) in [5.74, 6) is -0.388. The number of halogens is 1. The van der Waals surface area contributed by atoms with E-state index in [9.17, 15) is 19.1 Å². The van der Waals surface area contributed by atoms with E-state index in [4.69, 9.17) is 4.74 Å². The van der Waals surface area contributed by atoms with Crippen molar-refractivity contribution in [1.29, 1.82) is 0 Å². The van der Waals surface area contributed by atoms with Gasteiger partial charge in [-0.1, -0.05) is 11.3 Å². The number of thiazole rings is 1. The number of imidazole rings is 1. The molecule has 3 N–H and O–H groups in total. The number of nitrogens with zero attached hydrogens (tertiary/aromatic N) is 7. The summed E-state index contributed by atoms with van der Waals surface area (Å²) in [5.41, 5.74) is 0.894. The van der Waals surface area contributed by atoms with Crippen LogP contribution >= 0.6 is 11.3 Å². The molecule has 0 aliphatic carbocycles. The fraction of sp³-hybridized carbons (Fsp3) is 0.400. The van der Waals surface area contributed by atoms with Crippen LogP contribution in [0.25, 0.3) is 21.6 Å². The molecule has 2 amide bonds. The van der Waals surface area contributed by atoms with E-state index in [-0.39, 0.29) is 31.1 Å². The van der Waals surface area contributed by atoms with Crippen LogP contribution in [0.2, 0.25) is 0 Å². The van der Waals surface area contributed by atoms with Gasteiger partial charge in [0, 0.05) is 31.8 Å². The molecule has 0 unspecified atom stereocenters. The number of aromatic nitrogens is 6. The lowest BCUT2D eigenvalue weighted by Crippen LogP contribution is -2.48. The normalized spacial score (nSPS) is 17.3. The Hall–Kier alpha value is -4.24. The number of hydrogen-bond donors (Lipinski definition) is 3. The molecule has 1 aliphatic rings. The SMILES string of the molecule is CC(C)(C)OC(=O)N1C[C@H](O)C[C@H]1C(=O)NCCn1cnc2cnc(Nc3ncc(-c4ncncc4F)s3)cc21. The molecule has 15 heteroatoms. The highest BCUT2D eigenvalue weighted by Crippen LogP contribution is 2.30. The van der Waals surface area contributed by atoms with Crippen LogP contribution in [0.15, 0.2) is 37.3 Å². The van der Waals surface area contributed by atoms with E-state index in [0.29, 0.717) is 27.9 Å². The molecular formula is C25H28FN9O4S. The monoisotopic (exact) mass is 569 g/mol. The van der Waals surface area contributed by atoms with Gasteiger partial charge in [-0.15, -0.1) is 0 Å². The second-order valence-electron chi connectivity index (χ2n) is 10.2. The quantitative estimate of drug-likeness (QED) is 0.302. The standard InChI is InChI=1S/C25H28FN9O4S/c1-25(2,3)39-24(38)35-11-14(36)6-18(35)22(37)28-4-5-34-13-32-16-9-29-20(7-17(16)34)33-23-30-10-19(40-23)21-15(26)8-27-12-31-21/h7-10,12-14,18,36H,4-6,11H2,1-3H3,(H,28,37)(H,29,30,33)/t14-,18+/m1/s1. The molecular weight excluding hydrogens is 541 g/mol. The third-order valence-electron chi connectivity index (χ3n) is 6.01. The minimum absolute atomic E-state index is 0.0382. The van der Waals surface area contributed by atoms with E-state index in [0.717, 1.165) is 11.7 Å². The number of nitrogens with one attached hydrogen (secondary N) is 2. The number of likely N-dealkylation sites (tertiary alicyclic amines) is 1. The molecule has 0 bridgehead atoms. The van der Waals surface area contributed by atoms with Crippen molar-refractivity contribution in [2.45, 2.75) is 51.5 Å². The summed E-state index contributed by atoms with van der Waals surface area (Å²) in [6.07, 6.45) is 5.87. The average Bonchev–Trinajstić information content (AvgIpc) is 3.62. The Kier molecular flexibility index (Phi) is 7.58. The summed E-state index contributed by atoms with van der Waals surface area (Å²) in [6.45, 7) is 5.94. The van der Waals surface area contributed by atoms with Crippen molar-refractivity contribution >= 4 is 45.3 Å². The maximum absolute atomic E-state index is 14.0. The van der Waals surface area contributed by atoms with E-state index in [1.165, 1.54) is 28.8 Å². The van der Waals surface area contributed by atoms with Crippen molar-refractivity contribution in [1.82, 2.24) is 39.7 Å². The molecule has 1 aliphatic heterocycles. The smallest absolute Gasteiger partial charge is 0.411 e. The molecule has 4 aromatic rings. The zero-order valence-electron chi connectivity index (χ0n) is 22.0. The van der Waals surface area contributed by atoms with Gasteiger partial charge in [0.1, 0.15) is 35.0 Å². The Morgan fingerprint density at radius 1 is 1.20 bits per heavy atom. The highest BCUT2D eigenvalue weighted by atomic mass is 32.1. The van der Waals surface area contributed by atoms with Crippen LogP contribution in [0.1, 0.15) is 27.2 Å². The topological polar surface area (TPSA) is 160 Å². The molecule has 5 heterocycles. The lowest BCUT2D eigenvalue weighted by atomic mass is 10.2. The largest absolute Gasteiger partial charge is 0.444 e. The Morgan fingerprint density at radius 3 is 2.80 bits per heavy atom. The highest BCUT2D eigenvalue weighted by molar-refractivity contribution is 7.18. The first-order chi connectivity index (χ1) is 19.1. The van der Waals surface area contributed by atoms with Crippen molar-refractivity contribution in [3.8, 4) is 10.6 Å². The zero-order chi connectivity index (χ0) is 28.4. The molecule has 4 aromatic heterocycles. The average molecular weight is 570 g/mol. The molecule has 0 aromatic carbocycles. The van der Waals surface area contributed by atoms with Gasteiger partial charge in [-0.05, 0) is 20.8 Å². The summed E-state index contributed by atoms with van der Waals surface area (Å²) < 4.78 is 21.3. The lowest BCUT2D eigenvalue weighted by molar-refractivity contribution is -0.125. The molecule has 1 fully saturated rings. The summed E-state index contributed by atoms with van der Waals surface area (Å²) >= 11 is 1.22. The van der Waals surface area contributed by atoms with Crippen LogP contribution in [-0.4, -0.2) is 82.3 Å². The van der Waals surface area contributed by atoms with Crippen molar-refractivity contribution in [2.24, 2.45) is 0 Å². The number of anilines is 2. The number of aliphatic hydroxyl groups is 1. The number of β-amino-alcohol motifs (C(OH)–C–C–N with tert-alkyl or cyclic N) is 1. The fourth-order valence-electron chi connectivity index (χ4n) is 4.25. The van der Waals surface area contributed by atoms with Crippen LogP contribution in [0.4, 0.5) is 20.1 Å². The summed E-state index contributed by atoms with van der Waals surface area (Å²) in [6, 6.07) is 0.983. The first kappa shape index (κ1) is 27.3. The highest BCUT2D eigenvalue weighted by Gasteiger charge is 2.40. The Morgan fingerprint density at radius 2 is 2.02 bits per heavy atom. The maximum atomic E-state index is 14.0. The molecule has 1 saturated heterocycles. The van der Waals surface area contributed by atoms with Crippen molar-refractivity contribution in [2.75, 3.05) is 18.4 Å². The van der Waals surface area contributed by atoms with Crippen molar-refractivity contribution < 1.29 is 23.8 Å². The van der Waals surface area contributed by atoms with Crippen LogP contribution in [0, 0.1) is 5.82 Å². The first-order valence-corrected chi connectivity index (χ1v) is 13.3. The van der Waals surface area contributed by atoms with Gasteiger partial charge < -0.3 is 25.0 Å². The summed E-state index contributed by atoms with van der Waals surface area (Å²) in [4.78, 5) is 47.9. The molecule has 13 nitrogen and oxygen atoms in total. The van der Waals surface area contributed by atoms with Gasteiger partial charge in [0.15, 0.2) is 10.9 Å². The molecule has 5 rings (SSSR count). The minimum Gasteiger partial charge on any atom is -0.444 e. The number of pyridine rings is 1. The zero-order valence-corrected chi connectivity index (χ0v) is 22.9. The third kappa shape index (κ3) is 6.15. The predicted octanol–water partition coefficient (Wildman–Crippen LogP) is 2.71. The van der Waals surface area contributed by atoms with Crippen LogP contribution in [0.3, 0.4) is 0 Å². The van der Waals surface area contributed by atoms with E-state index in [1.54, 1.807) is 39.4 Å².